The number of carbonyl (C=O) groups is 1. The van der Waals surface area contributed by atoms with E-state index in [1.807, 2.05) is 15.6 Å². The molecule has 25 heavy (non-hydrogen) atoms. The van der Waals surface area contributed by atoms with E-state index in [-0.39, 0.29) is 12.1 Å². The number of methoxy groups -OCH3 is 1. The van der Waals surface area contributed by atoms with Crippen molar-refractivity contribution in [3.63, 3.8) is 0 Å². The lowest BCUT2D eigenvalue weighted by Gasteiger charge is -2.33. The topological polar surface area (TPSA) is 68.6 Å². The van der Waals surface area contributed by atoms with Gasteiger partial charge in [0.15, 0.2) is 0 Å². The minimum atomic E-state index is -0.0730. The number of nitrogens with one attached hydrogen (secondary N) is 1. The van der Waals surface area contributed by atoms with Crippen molar-refractivity contribution in [3.8, 4) is 0 Å². The smallest absolute Gasteiger partial charge is 0.323 e. The maximum Gasteiger partial charge on any atom is 0.323 e. The number of hydrogen-bond donors (Lipinski definition) is 1. The van der Waals surface area contributed by atoms with Gasteiger partial charge in [-0.05, 0) is 25.2 Å². The van der Waals surface area contributed by atoms with Gasteiger partial charge >= 0.3 is 6.03 Å². The molecule has 2 fully saturated rings. The van der Waals surface area contributed by atoms with Crippen molar-refractivity contribution in [1.82, 2.24) is 14.7 Å². The maximum absolute atomic E-state index is 12.6. The van der Waals surface area contributed by atoms with Crippen molar-refractivity contribution in [2.75, 3.05) is 38.7 Å². The first-order valence-electron chi connectivity index (χ1n) is 9.44. The molecular formula is C18H30N4O3. The molecule has 1 aromatic rings. The highest BCUT2D eigenvalue weighted by molar-refractivity contribution is 5.88. The third-order valence-electron chi connectivity index (χ3n) is 5.18. The van der Waals surface area contributed by atoms with Crippen LogP contribution in [0.25, 0.3) is 0 Å². The number of nitrogens with zero attached hydrogens (tertiary/aromatic N) is 3. The Labute approximate surface area is 149 Å². The second kappa shape index (κ2) is 9.20. The van der Waals surface area contributed by atoms with Crippen LogP contribution in [0.1, 0.15) is 38.5 Å². The van der Waals surface area contributed by atoms with E-state index in [9.17, 15) is 4.79 Å². The molecule has 3 rings (SSSR count). The largest absolute Gasteiger partial charge is 0.385 e. The van der Waals surface area contributed by atoms with Gasteiger partial charge in [0.2, 0.25) is 0 Å². The number of anilines is 1. The Balaban J connectivity index is 1.53. The van der Waals surface area contributed by atoms with E-state index in [1.165, 1.54) is 32.1 Å². The van der Waals surface area contributed by atoms with Crippen LogP contribution in [0.4, 0.5) is 10.6 Å². The predicted octanol–water partition coefficient (Wildman–Crippen LogP) is 2.73. The van der Waals surface area contributed by atoms with Gasteiger partial charge in [-0.3, -0.25) is 5.32 Å². The lowest BCUT2D eigenvalue weighted by Crippen LogP contribution is -2.47. The summed E-state index contributed by atoms with van der Waals surface area (Å²) < 4.78 is 12.7. The number of rotatable bonds is 6. The van der Waals surface area contributed by atoms with E-state index < -0.39 is 0 Å². The van der Waals surface area contributed by atoms with Crippen molar-refractivity contribution >= 4 is 11.8 Å². The minimum absolute atomic E-state index is 0.0478. The lowest BCUT2D eigenvalue weighted by atomic mass is 9.89. The number of morpholine rings is 1. The molecule has 1 aromatic heterocycles. The van der Waals surface area contributed by atoms with Crippen LogP contribution in [-0.4, -0.2) is 60.2 Å². The number of urea groups is 1. The second-order valence-corrected chi connectivity index (χ2v) is 7.05. The van der Waals surface area contributed by atoms with Gasteiger partial charge in [-0.1, -0.05) is 19.3 Å². The van der Waals surface area contributed by atoms with Crippen LogP contribution in [-0.2, 0) is 16.0 Å². The first kappa shape index (κ1) is 18.2. The molecule has 1 N–H and O–H groups in total. The summed E-state index contributed by atoms with van der Waals surface area (Å²) in [6.45, 7) is 3.33. The number of hydrogen-bond acceptors (Lipinski definition) is 4. The molecule has 1 atom stereocenters. The van der Waals surface area contributed by atoms with Crippen LogP contribution in [0.2, 0.25) is 0 Å². The molecule has 1 saturated heterocycles. The molecule has 7 nitrogen and oxygen atoms in total. The zero-order chi connectivity index (χ0) is 17.5. The van der Waals surface area contributed by atoms with Gasteiger partial charge in [0, 0.05) is 39.4 Å². The molecule has 2 heterocycles. The average molecular weight is 350 g/mol. The predicted molar refractivity (Wildman–Crippen MR) is 95.6 cm³/mol. The van der Waals surface area contributed by atoms with E-state index in [0.29, 0.717) is 32.2 Å². The number of carbonyl (C=O) groups excluding carboxylic acids is 1. The normalized spacial score (nSPS) is 22.1. The fraction of sp³-hybridized carbons (Fsp3) is 0.778. The molecule has 2 amide bonds. The summed E-state index contributed by atoms with van der Waals surface area (Å²) >= 11 is 0. The van der Waals surface area contributed by atoms with Crippen molar-refractivity contribution in [2.45, 2.75) is 51.2 Å². The van der Waals surface area contributed by atoms with E-state index in [2.05, 4.69) is 10.4 Å². The SMILES string of the molecule is COCCC1CN(C(=O)Nc2ccnn2CC2CCCCC2)CCO1. The van der Waals surface area contributed by atoms with E-state index in [0.717, 1.165) is 18.8 Å². The van der Waals surface area contributed by atoms with E-state index in [4.69, 9.17) is 9.47 Å². The number of aromatic nitrogens is 2. The van der Waals surface area contributed by atoms with Crippen molar-refractivity contribution < 1.29 is 14.3 Å². The zero-order valence-corrected chi connectivity index (χ0v) is 15.2. The van der Waals surface area contributed by atoms with Gasteiger partial charge in [0.25, 0.3) is 0 Å². The zero-order valence-electron chi connectivity index (χ0n) is 15.2. The van der Waals surface area contributed by atoms with Crippen molar-refractivity contribution in [1.29, 1.82) is 0 Å². The first-order valence-corrected chi connectivity index (χ1v) is 9.44. The highest BCUT2D eigenvalue weighted by Gasteiger charge is 2.25. The molecule has 1 unspecified atom stereocenters. The van der Waals surface area contributed by atoms with Crippen LogP contribution < -0.4 is 5.32 Å². The Kier molecular flexibility index (Phi) is 6.69. The molecular weight excluding hydrogens is 320 g/mol. The third-order valence-corrected chi connectivity index (χ3v) is 5.18. The summed E-state index contributed by atoms with van der Waals surface area (Å²) in [7, 11) is 1.68. The summed E-state index contributed by atoms with van der Waals surface area (Å²) in [6.07, 6.45) is 9.11. The van der Waals surface area contributed by atoms with Crippen LogP contribution in [0.3, 0.4) is 0 Å². The Morgan fingerprint density at radius 1 is 1.40 bits per heavy atom. The number of amides is 2. The second-order valence-electron chi connectivity index (χ2n) is 7.05. The first-order chi connectivity index (χ1) is 12.3. The molecule has 1 aliphatic carbocycles. The Hall–Kier alpha value is -1.60. The van der Waals surface area contributed by atoms with Gasteiger partial charge in [-0.15, -0.1) is 0 Å². The molecule has 0 bridgehead atoms. The van der Waals surface area contributed by atoms with Crippen molar-refractivity contribution in [2.24, 2.45) is 5.92 Å². The fourth-order valence-corrected chi connectivity index (χ4v) is 3.71. The highest BCUT2D eigenvalue weighted by Crippen LogP contribution is 2.26. The Morgan fingerprint density at radius 2 is 2.24 bits per heavy atom. The molecule has 1 aliphatic heterocycles. The minimum Gasteiger partial charge on any atom is -0.385 e. The van der Waals surface area contributed by atoms with E-state index in [1.54, 1.807) is 13.3 Å². The Morgan fingerprint density at radius 3 is 3.04 bits per heavy atom. The van der Waals surface area contributed by atoms with Gasteiger partial charge in [-0.25, -0.2) is 9.48 Å². The molecule has 140 valence electrons. The standard InChI is InChI=1S/C18H30N4O3/c1-24-11-8-16-14-21(10-12-25-16)18(23)20-17-7-9-19-22(17)13-15-5-3-2-4-6-15/h7,9,15-16H,2-6,8,10-14H2,1H3,(H,20,23). The van der Waals surface area contributed by atoms with Gasteiger partial charge in [-0.2, -0.15) is 5.10 Å². The summed E-state index contributed by atoms with van der Waals surface area (Å²) in [5.41, 5.74) is 0. The molecule has 2 aliphatic rings. The summed E-state index contributed by atoms with van der Waals surface area (Å²) in [5.74, 6) is 1.46. The van der Waals surface area contributed by atoms with Crippen LogP contribution in [0.5, 0.6) is 0 Å². The van der Waals surface area contributed by atoms with Gasteiger partial charge < -0.3 is 14.4 Å². The van der Waals surface area contributed by atoms with Gasteiger partial charge in [0.1, 0.15) is 5.82 Å². The summed E-state index contributed by atoms with van der Waals surface area (Å²) in [5, 5.41) is 7.43. The molecule has 7 heteroatoms. The van der Waals surface area contributed by atoms with Crippen molar-refractivity contribution in [3.05, 3.63) is 12.3 Å². The fourth-order valence-electron chi connectivity index (χ4n) is 3.71. The maximum atomic E-state index is 12.6. The van der Waals surface area contributed by atoms with E-state index >= 15 is 0 Å². The Bertz CT molecular complexity index is 542. The molecule has 0 aromatic carbocycles. The monoisotopic (exact) mass is 350 g/mol. The molecule has 1 saturated carbocycles. The average Bonchev–Trinajstić information content (AvgIpc) is 3.07. The van der Waals surface area contributed by atoms with Gasteiger partial charge in [0.05, 0.1) is 18.9 Å². The third kappa shape index (κ3) is 5.19. The quantitative estimate of drug-likeness (QED) is 0.856. The summed E-state index contributed by atoms with van der Waals surface area (Å²) in [6, 6.07) is 1.81. The van der Waals surface area contributed by atoms with Crippen LogP contribution >= 0.6 is 0 Å². The lowest BCUT2D eigenvalue weighted by molar-refractivity contribution is -0.0260. The van der Waals surface area contributed by atoms with Crippen LogP contribution in [0.15, 0.2) is 12.3 Å². The molecule has 0 spiro atoms. The molecule has 0 radical (unpaired) electrons. The highest BCUT2D eigenvalue weighted by atomic mass is 16.5. The van der Waals surface area contributed by atoms with Crippen LogP contribution in [0, 0.1) is 5.92 Å². The number of ether oxygens (including phenoxy) is 2. The summed E-state index contributed by atoms with van der Waals surface area (Å²) in [4.78, 5) is 14.4.